The van der Waals surface area contributed by atoms with Crippen LogP contribution in [0.2, 0.25) is 0 Å². The Kier molecular flexibility index (Phi) is 7.44. The maximum absolute atomic E-state index is 12.4. The number of nitrogens with one attached hydrogen (secondary N) is 1. The average molecular weight is 289 g/mol. The van der Waals surface area contributed by atoms with Gasteiger partial charge in [0, 0.05) is 12.8 Å². The number of rotatable bonds is 6. The molecule has 0 aliphatic carbocycles. The Morgan fingerprint density at radius 3 is 2.90 bits per heavy atom. The highest BCUT2D eigenvalue weighted by Crippen LogP contribution is 2.07. The molecule has 1 rings (SSSR count). The summed E-state index contributed by atoms with van der Waals surface area (Å²) in [7, 11) is 0. The van der Waals surface area contributed by atoms with E-state index in [-0.39, 0.29) is 24.4 Å². The number of nitrogens with two attached hydrogens (primary N) is 1. The summed E-state index contributed by atoms with van der Waals surface area (Å²) in [5.41, 5.74) is 6.27. The van der Waals surface area contributed by atoms with Gasteiger partial charge in [-0.1, -0.05) is 25.7 Å². The standard InChI is InChI=1S/C16H23N3O2/c1-4-21-11-14(12(2)3)19-16(20)15-13(7-5-9-17)8-6-10-18-15/h6,8,10,12,14H,4,9,11,17H2,1-3H3,(H,19,20). The van der Waals surface area contributed by atoms with Crippen LogP contribution in [0.15, 0.2) is 18.3 Å². The molecule has 1 aromatic rings. The fourth-order valence-electron chi connectivity index (χ4n) is 1.72. The highest BCUT2D eigenvalue weighted by Gasteiger charge is 2.19. The third-order valence-electron chi connectivity index (χ3n) is 2.97. The maximum atomic E-state index is 12.4. The molecule has 5 nitrogen and oxygen atoms in total. The van der Waals surface area contributed by atoms with E-state index in [0.29, 0.717) is 24.5 Å². The minimum Gasteiger partial charge on any atom is -0.380 e. The Labute approximate surface area is 126 Å². The number of carbonyl (C=O) groups excluding carboxylic acids is 1. The summed E-state index contributed by atoms with van der Waals surface area (Å²) in [5, 5.41) is 2.96. The van der Waals surface area contributed by atoms with Crippen molar-refractivity contribution in [2.24, 2.45) is 11.7 Å². The molecule has 1 heterocycles. The number of carbonyl (C=O) groups is 1. The van der Waals surface area contributed by atoms with Crippen molar-refractivity contribution in [2.75, 3.05) is 19.8 Å². The van der Waals surface area contributed by atoms with Crippen molar-refractivity contribution in [1.82, 2.24) is 10.3 Å². The topological polar surface area (TPSA) is 77.2 Å². The van der Waals surface area contributed by atoms with E-state index in [1.807, 2.05) is 20.8 Å². The first-order chi connectivity index (χ1) is 10.1. The summed E-state index contributed by atoms with van der Waals surface area (Å²) >= 11 is 0. The minimum atomic E-state index is -0.240. The SMILES string of the molecule is CCOCC(NC(=O)c1ncccc1C#CCN)C(C)C. The van der Waals surface area contributed by atoms with Crippen molar-refractivity contribution in [1.29, 1.82) is 0 Å². The molecule has 0 aromatic carbocycles. The third kappa shape index (κ3) is 5.54. The second-order valence-corrected chi connectivity index (χ2v) is 4.89. The first-order valence-corrected chi connectivity index (χ1v) is 7.12. The summed E-state index contributed by atoms with van der Waals surface area (Å²) in [4.78, 5) is 16.5. The molecule has 0 aliphatic rings. The lowest BCUT2D eigenvalue weighted by atomic mass is 10.0. The van der Waals surface area contributed by atoms with Crippen LogP contribution in [0.25, 0.3) is 0 Å². The molecular weight excluding hydrogens is 266 g/mol. The molecule has 1 atom stereocenters. The smallest absolute Gasteiger partial charge is 0.271 e. The fraction of sp³-hybridized carbons (Fsp3) is 0.500. The molecule has 1 unspecified atom stereocenters. The van der Waals surface area contributed by atoms with Crippen LogP contribution in [0.4, 0.5) is 0 Å². The quantitative estimate of drug-likeness (QED) is 0.771. The Balaban J connectivity index is 2.87. The fourth-order valence-corrected chi connectivity index (χ4v) is 1.72. The zero-order valence-corrected chi connectivity index (χ0v) is 12.8. The van der Waals surface area contributed by atoms with Crippen LogP contribution in [-0.4, -0.2) is 36.7 Å². The molecule has 114 valence electrons. The molecule has 0 radical (unpaired) electrons. The van der Waals surface area contributed by atoms with Gasteiger partial charge in [0.05, 0.1) is 24.8 Å². The van der Waals surface area contributed by atoms with Gasteiger partial charge in [0.25, 0.3) is 5.91 Å². The Hall–Kier alpha value is -1.90. The Morgan fingerprint density at radius 2 is 2.29 bits per heavy atom. The minimum absolute atomic E-state index is 0.0604. The van der Waals surface area contributed by atoms with Crippen LogP contribution < -0.4 is 11.1 Å². The van der Waals surface area contributed by atoms with E-state index >= 15 is 0 Å². The van der Waals surface area contributed by atoms with E-state index in [9.17, 15) is 4.79 Å². The second kappa shape index (κ2) is 9.11. The summed E-state index contributed by atoms with van der Waals surface area (Å²) in [6, 6.07) is 3.45. The van der Waals surface area contributed by atoms with Gasteiger partial charge < -0.3 is 15.8 Å². The van der Waals surface area contributed by atoms with Gasteiger partial charge in [-0.15, -0.1) is 0 Å². The van der Waals surface area contributed by atoms with Gasteiger partial charge in [-0.05, 0) is 25.0 Å². The zero-order valence-electron chi connectivity index (χ0n) is 12.8. The summed E-state index contributed by atoms with van der Waals surface area (Å²) < 4.78 is 5.41. The number of hydrogen-bond donors (Lipinski definition) is 2. The predicted octanol–water partition coefficient (Wildman–Crippen LogP) is 1.18. The van der Waals surface area contributed by atoms with Gasteiger partial charge >= 0.3 is 0 Å². The number of hydrogen-bond acceptors (Lipinski definition) is 4. The molecule has 0 bridgehead atoms. The highest BCUT2D eigenvalue weighted by molar-refractivity contribution is 5.94. The number of nitrogens with zero attached hydrogens (tertiary/aromatic N) is 1. The Bertz CT molecular complexity index is 518. The number of amides is 1. The number of pyridine rings is 1. The van der Waals surface area contributed by atoms with Crippen LogP contribution in [0, 0.1) is 17.8 Å². The van der Waals surface area contributed by atoms with Crippen LogP contribution >= 0.6 is 0 Å². The summed E-state index contributed by atoms with van der Waals surface area (Å²) in [6.45, 7) is 7.36. The molecule has 0 spiro atoms. The Morgan fingerprint density at radius 1 is 1.52 bits per heavy atom. The molecule has 0 fully saturated rings. The third-order valence-corrected chi connectivity index (χ3v) is 2.97. The molecule has 1 amide bonds. The molecule has 5 heteroatoms. The van der Waals surface area contributed by atoms with Crippen molar-refractivity contribution >= 4 is 5.91 Å². The second-order valence-electron chi connectivity index (χ2n) is 4.89. The summed E-state index contributed by atoms with van der Waals surface area (Å²) in [6.07, 6.45) is 1.58. The molecule has 0 saturated carbocycles. The van der Waals surface area contributed by atoms with Crippen molar-refractivity contribution in [3.05, 3.63) is 29.6 Å². The lowest BCUT2D eigenvalue weighted by molar-refractivity contribution is 0.0802. The lowest BCUT2D eigenvalue weighted by Gasteiger charge is -2.22. The average Bonchev–Trinajstić information content (AvgIpc) is 2.49. The highest BCUT2D eigenvalue weighted by atomic mass is 16.5. The normalized spacial score (nSPS) is 11.7. The van der Waals surface area contributed by atoms with Crippen molar-refractivity contribution < 1.29 is 9.53 Å². The number of aromatic nitrogens is 1. The predicted molar refractivity (Wildman–Crippen MR) is 82.8 cm³/mol. The number of ether oxygens (including phenoxy) is 1. The van der Waals surface area contributed by atoms with Crippen LogP contribution in [0.5, 0.6) is 0 Å². The molecule has 1 aromatic heterocycles. The molecule has 3 N–H and O–H groups in total. The van der Waals surface area contributed by atoms with Gasteiger partial charge in [-0.3, -0.25) is 4.79 Å². The van der Waals surface area contributed by atoms with E-state index in [2.05, 4.69) is 22.1 Å². The van der Waals surface area contributed by atoms with E-state index in [4.69, 9.17) is 10.5 Å². The first kappa shape index (κ1) is 17.2. The van der Waals surface area contributed by atoms with Gasteiger partial charge in [-0.2, -0.15) is 0 Å². The van der Waals surface area contributed by atoms with Crippen molar-refractivity contribution in [2.45, 2.75) is 26.8 Å². The molecule has 0 aliphatic heterocycles. The van der Waals surface area contributed by atoms with Gasteiger partial charge in [0.1, 0.15) is 5.69 Å². The van der Waals surface area contributed by atoms with Crippen LogP contribution in [-0.2, 0) is 4.74 Å². The molecule has 0 saturated heterocycles. The lowest BCUT2D eigenvalue weighted by Crippen LogP contribution is -2.42. The zero-order chi connectivity index (χ0) is 15.7. The van der Waals surface area contributed by atoms with E-state index < -0.39 is 0 Å². The van der Waals surface area contributed by atoms with Crippen LogP contribution in [0.3, 0.4) is 0 Å². The first-order valence-electron chi connectivity index (χ1n) is 7.12. The monoisotopic (exact) mass is 289 g/mol. The van der Waals surface area contributed by atoms with E-state index in [1.54, 1.807) is 18.3 Å². The van der Waals surface area contributed by atoms with Gasteiger partial charge in [0.2, 0.25) is 0 Å². The van der Waals surface area contributed by atoms with Crippen molar-refractivity contribution in [3.8, 4) is 11.8 Å². The van der Waals surface area contributed by atoms with Crippen molar-refractivity contribution in [3.63, 3.8) is 0 Å². The molecular formula is C16H23N3O2. The van der Waals surface area contributed by atoms with E-state index in [0.717, 1.165) is 0 Å². The maximum Gasteiger partial charge on any atom is 0.271 e. The summed E-state index contributed by atoms with van der Waals surface area (Å²) in [5.74, 6) is 5.64. The largest absolute Gasteiger partial charge is 0.380 e. The van der Waals surface area contributed by atoms with E-state index in [1.165, 1.54) is 0 Å². The van der Waals surface area contributed by atoms with Gasteiger partial charge in [0.15, 0.2) is 0 Å². The molecule has 21 heavy (non-hydrogen) atoms. The van der Waals surface area contributed by atoms with Gasteiger partial charge in [-0.25, -0.2) is 4.98 Å². The van der Waals surface area contributed by atoms with Crippen LogP contribution in [0.1, 0.15) is 36.8 Å².